The summed E-state index contributed by atoms with van der Waals surface area (Å²) in [5, 5.41) is 7.10. The molecule has 0 unspecified atom stereocenters. The summed E-state index contributed by atoms with van der Waals surface area (Å²) in [7, 11) is 0. The molecule has 5 nitrogen and oxygen atoms in total. The lowest BCUT2D eigenvalue weighted by Gasteiger charge is -2.07. The molecule has 28 heavy (non-hydrogen) atoms. The van der Waals surface area contributed by atoms with E-state index < -0.39 is 0 Å². The predicted octanol–water partition coefficient (Wildman–Crippen LogP) is 5.24. The Kier molecular flexibility index (Phi) is 3.76. The third-order valence-electron chi connectivity index (χ3n) is 4.77. The van der Waals surface area contributed by atoms with Crippen molar-refractivity contribution in [3.8, 4) is 0 Å². The average molecular weight is 369 g/mol. The quantitative estimate of drug-likeness (QED) is 0.338. The van der Waals surface area contributed by atoms with Gasteiger partial charge in [0, 0.05) is 22.5 Å². The second kappa shape index (κ2) is 6.42. The van der Waals surface area contributed by atoms with Crippen LogP contribution in [0.25, 0.3) is 32.7 Å². The van der Waals surface area contributed by atoms with Gasteiger partial charge in [-0.3, -0.25) is 10.4 Å². The van der Waals surface area contributed by atoms with Crippen molar-refractivity contribution >= 4 is 44.2 Å². The number of nitrogens with zero attached hydrogens (tertiary/aromatic N) is 3. The van der Waals surface area contributed by atoms with Gasteiger partial charge in [-0.2, -0.15) is 5.10 Å². The number of rotatable bonds is 3. The van der Waals surface area contributed by atoms with Crippen LogP contribution >= 0.6 is 0 Å². The van der Waals surface area contributed by atoms with Crippen molar-refractivity contribution < 1.29 is 4.39 Å². The number of halogens is 1. The van der Waals surface area contributed by atoms with E-state index in [1.807, 2.05) is 49.4 Å². The van der Waals surface area contributed by atoms with Crippen LogP contribution in [0.5, 0.6) is 0 Å². The maximum atomic E-state index is 13.9. The van der Waals surface area contributed by atoms with E-state index >= 15 is 0 Å². The standard InChI is InChI=1S/C22H16FN5/c1-13(17-7-4-5-11-24-17)27-28-22-20-15-6-2-3-8-18(15)25-21(20)16-12-14(23)9-10-19(16)26-22/h2-12,25H,1H3,(H,26,28)/b27-13+. The molecule has 0 bridgehead atoms. The van der Waals surface area contributed by atoms with Gasteiger partial charge in [0.05, 0.1) is 27.8 Å². The Labute approximate surface area is 159 Å². The Bertz CT molecular complexity index is 1360. The summed E-state index contributed by atoms with van der Waals surface area (Å²) in [5.74, 6) is 0.320. The maximum absolute atomic E-state index is 13.9. The van der Waals surface area contributed by atoms with Gasteiger partial charge in [-0.25, -0.2) is 9.37 Å². The van der Waals surface area contributed by atoms with Crippen molar-refractivity contribution in [1.82, 2.24) is 15.0 Å². The van der Waals surface area contributed by atoms with E-state index in [1.54, 1.807) is 12.3 Å². The number of fused-ring (bicyclic) bond motifs is 5. The fourth-order valence-corrected chi connectivity index (χ4v) is 3.42. The summed E-state index contributed by atoms with van der Waals surface area (Å²) in [4.78, 5) is 12.4. The van der Waals surface area contributed by atoms with E-state index in [1.165, 1.54) is 12.1 Å². The maximum Gasteiger partial charge on any atom is 0.157 e. The molecule has 0 fully saturated rings. The fourth-order valence-electron chi connectivity index (χ4n) is 3.42. The molecule has 0 aliphatic heterocycles. The molecular formula is C22H16FN5. The smallest absolute Gasteiger partial charge is 0.157 e. The summed E-state index contributed by atoms with van der Waals surface area (Å²) in [6.07, 6.45) is 1.73. The van der Waals surface area contributed by atoms with Crippen LogP contribution < -0.4 is 5.43 Å². The largest absolute Gasteiger partial charge is 0.354 e. The molecule has 0 aliphatic carbocycles. The van der Waals surface area contributed by atoms with Crippen molar-refractivity contribution in [2.45, 2.75) is 6.92 Å². The molecule has 5 rings (SSSR count). The third kappa shape index (κ3) is 2.66. The van der Waals surface area contributed by atoms with Crippen LogP contribution in [0.4, 0.5) is 10.2 Å². The van der Waals surface area contributed by atoms with Gasteiger partial charge in [-0.15, -0.1) is 0 Å². The average Bonchev–Trinajstić information content (AvgIpc) is 3.13. The van der Waals surface area contributed by atoms with Crippen LogP contribution in [0.2, 0.25) is 0 Å². The molecule has 0 saturated heterocycles. The van der Waals surface area contributed by atoms with Crippen molar-refractivity contribution in [3.05, 3.63) is 78.4 Å². The topological polar surface area (TPSA) is 66.0 Å². The second-order valence-electron chi connectivity index (χ2n) is 6.57. The molecule has 0 radical (unpaired) electrons. The van der Waals surface area contributed by atoms with E-state index in [2.05, 4.69) is 20.5 Å². The molecule has 6 heteroatoms. The number of benzene rings is 2. The Morgan fingerprint density at radius 2 is 1.89 bits per heavy atom. The lowest BCUT2D eigenvalue weighted by molar-refractivity contribution is 0.629. The Hall–Kier alpha value is -3.80. The number of pyridine rings is 2. The van der Waals surface area contributed by atoms with E-state index in [4.69, 9.17) is 4.98 Å². The highest BCUT2D eigenvalue weighted by atomic mass is 19.1. The van der Waals surface area contributed by atoms with Crippen molar-refractivity contribution in [2.75, 3.05) is 5.43 Å². The Morgan fingerprint density at radius 1 is 1.04 bits per heavy atom. The van der Waals surface area contributed by atoms with Gasteiger partial charge >= 0.3 is 0 Å². The number of nitrogens with one attached hydrogen (secondary N) is 2. The highest BCUT2D eigenvalue weighted by Crippen LogP contribution is 2.35. The molecule has 5 aromatic rings. The van der Waals surface area contributed by atoms with Gasteiger partial charge in [0.1, 0.15) is 5.82 Å². The number of hydrogen-bond donors (Lipinski definition) is 2. The molecule has 3 aromatic heterocycles. The molecule has 0 atom stereocenters. The van der Waals surface area contributed by atoms with Gasteiger partial charge in [-0.05, 0) is 43.3 Å². The number of H-pyrrole nitrogens is 1. The minimum atomic E-state index is -0.293. The number of aromatic nitrogens is 3. The number of anilines is 1. The van der Waals surface area contributed by atoms with Crippen molar-refractivity contribution in [1.29, 1.82) is 0 Å². The predicted molar refractivity (Wildman–Crippen MR) is 111 cm³/mol. The minimum Gasteiger partial charge on any atom is -0.354 e. The molecule has 136 valence electrons. The molecule has 3 heterocycles. The highest BCUT2D eigenvalue weighted by Gasteiger charge is 2.14. The normalized spacial score (nSPS) is 12.1. The summed E-state index contributed by atoms with van der Waals surface area (Å²) < 4.78 is 13.9. The van der Waals surface area contributed by atoms with E-state index in [-0.39, 0.29) is 5.82 Å². The van der Waals surface area contributed by atoms with Crippen LogP contribution in [0, 0.1) is 5.82 Å². The summed E-state index contributed by atoms with van der Waals surface area (Å²) >= 11 is 0. The van der Waals surface area contributed by atoms with E-state index in [0.717, 1.165) is 38.6 Å². The third-order valence-corrected chi connectivity index (χ3v) is 4.77. The fraction of sp³-hybridized carbons (Fsp3) is 0.0455. The molecule has 2 aromatic carbocycles. The van der Waals surface area contributed by atoms with Crippen LogP contribution in [0.1, 0.15) is 12.6 Å². The first-order valence-corrected chi connectivity index (χ1v) is 8.92. The van der Waals surface area contributed by atoms with Crippen LogP contribution in [0.15, 0.2) is 72.0 Å². The molecular weight excluding hydrogens is 353 g/mol. The summed E-state index contributed by atoms with van der Waals surface area (Å²) in [6.45, 7) is 1.89. The lowest BCUT2D eigenvalue weighted by Crippen LogP contribution is -2.03. The molecule has 0 saturated carbocycles. The molecule has 2 N–H and O–H groups in total. The van der Waals surface area contributed by atoms with Gasteiger partial charge in [0.25, 0.3) is 0 Å². The molecule has 0 amide bonds. The zero-order chi connectivity index (χ0) is 19.1. The van der Waals surface area contributed by atoms with Gasteiger partial charge in [0.15, 0.2) is 5.82 Å². The summed E-state index contributed by atoms with van der Waals surface area (Å²) in [5.41, 5.74) is 7.11. The zero-order valence-corrected chi connectivity index (χ0v) is 15.1. The zero-order valence-electron chi connectivity index (χ0n) is 15.1. The molecule has 0 aliphatic rings. The summed E-state index contributed by atoms with van der Waals surface area (Å²) in [6, 6.07) is 18.2. The lowest BCUT2D eigenvalue weighted by atomic mass is 10.1. The Morgan fingerprint density at radius 3 is 2.75 bits per heavy atom. The van der Waals surface area contributed by atoms with E-state index in [0.29, 0.717) is 11.3 Å². The minimum absolute atomic E-state index is 0.293. The van der Waals surface area contributed by atoms with Gasteiger partial charge < -0.3 is 4.98 Å². The van der Waals surface area contributed by atoms with E-state index in [9.17, 15) is 4.39 Å². The van der Waals surface area contributed by atoms with Crippen LogP contribution in [-0.4, -0.2) is 20.7 Å². The number of para-hydroxylation sites is 1. The molecule has 0 spiro atoms. The highest BCUT2D eigenvalue weighted by molar-refractivity contribution is 6.20. The van der Waals surface area contributed by atoms with Crippen LogP contribution in [-0.2, 0) is 0 Å². The number of hydrazone groups is 1. The SMILES string of the molecule is C/C(=N\Nc1nc2ccc(F)cc2c2[nH]c3ccccc3c12)c1ccccn1. The van der Waals surface area contributed by atoms with Crippen molar-refractivity contribution in [3.63, 3.8) is 0 Å². The van der Waals surface area contributed by atoms with Gasteiger partial charge in [0.2, 0.25) is 0 Å². The first kappa shape index (κ1) is 16.4. The van der Waals surface area contributed by atoms with Crippen LogP contribution in [0.3, 0.4) is 0 Å². The first-order valence-electron chi connectivity index (χ1n) is 8.92. The number of aromatic amines is 1. The first-order chi connectivity index (χ1) is 13.7. The second-order valence-corrected chi connectivity index (χ2v) is 6.57. The van der Waals surface area contributed by atoms with Gasteiger partial charge in [-0.1, -0.05) is 24.3 Å². The van der Waals surface area contributed by atoms with Crippen molar-refractivity contribution in [2.24, 2.45) is 5.10 Å². The number of hydrogen-bond acceptors (Lipinski definition) is 4. The monoisotopic (exact) mass is 369 g/mol. The Balaban J connectivity index is 1.74.